The van der Waals surface area contributed by atoms with Crippen molar-refractivity contribution in [2.45, 2.75) is 31.2 Å². The van der Waals surface area contributed by atoms with E-state index < -0.39 is 0 Å². The molecule has 0 bridgehead atoms. The lowest BCUT2D eigenvalue weighted by atomic mass is 9.77. The first kappa shape index (κ1) is 12.4. The Morgan fingerprint density at radius 3 is 2.68 bits per heavy atom. The van der Waals surface area contributed by atoms with Gasteiger partial charge in [-0.3, -0.25) is 0 Å². The minimum Gasteiger partial charge on any atom is -0.340 e. The molecule has 100 valence electrons. The molecule has 1 fully saturated rings. The number of nitrogens with one attached hydrogen (secondary N) is 1. The molecule has 1 saturated carbocycles. The lowest BCUT2D eigenvalue weighted by Crippen LogP contribution is -2.22. The predicted molar refractivity (Wildman–Crippen MR) is 77.1 cm³/mol. The summed E-state index contributed by atoms with van der Waals surface area (Å²) in [6.45, 7) is 0. The Hall–Kier alpha value is -1.61. The average molecular weight is 255 g/mol. The van der Waals surface area contributed by atoms with E-state index in [-0.39, 0.29) is 6.04 Å². The van der Waals surface area contributed by atoms with Crippen LogP contribution in [0.25, 0.3) is 0 Å². The highest BCUT2D eigenvalue weighted by molar-refractivity contribution is 5.37. The molecule has 1 unspecified atom stereocenters. The summed E-state index contributed by atoms with van der Waals surface area (Å²) in [5.74, 6) is 0.746. The molecule has 3 rings (SSSR count). The summed E-state index contributed by atoms with van der Waals surface area (Å²) < 4.78 is 2.01. The number of imidazole rings is 1. The van der Waals surface area contributed by atoms with E-state index in [9.17, 15) is 0 Å². The van der Waals surface area contributed by atoms with Crippen LogP contribution in [0.4, 0.5) is 0 Å². The zero-order chi connectivity index (χ0) is 13.2. The maximum atomic E-state index is 4.51. The monoisotopic (exact) mass is 255 g/mol. The highest BCUT2D eigenvalue weighted by atomic mass is 15.0. The van der Waals surface area contributed by atoms with Crippen LogP contribution in [0.1, 0.15) is 48.0 Å². The Morgan fingerprint density at radius 1 is 1.32 bits per heavy atom. The van der Waals surface area contributed by atoms with Gasteiger partial charge in [0, 0.05) is 13.2 Å². The largest absolute Gasteiger partial charge is 0.340 e. The van der Waals surface area contributed by atoms with E-state index in [2.05, 4.69) is 40.8 Å². The van der Waals surface area contributed by atoms with Gasteiger partial charge in [0.2, 0.25) is 0 Å². The van der Waals surface area contributed by atoms with Gasteiger partial charge in [0.15, 0.2) is 0 Å². The van der Waals surface area contributed by atoms with Crippen LogP contribution < -0.4 is 5.32 Å². The molecule has 0 radical (unpaired) electrons. The number of rotatable bonds is 4. The average Bonchev–Trinajstić information content (AvgIpc) is 2.77. The van der Waals surface area contributed by atoms with Crippen molar-refractivity contribution in [1.82, 2.24) is 14.9 Å². The van der Waals surface area contributed by atoms with Gasteiger partial charge in [0.05, 0.1) is 18.1 Å². The van der Waals surface area contributed by atoms with Crippen molar-refractivity contribution in [1.29, 1.82) is 0 Å². The number of aryl methyl sites for hydroxylation is 1. The van der Waals surface area contributed by atoms with Gasteiger partial charge in [-0.15, -0.1) is 0 Å². The second-order valence-electron chi connectivity index (χ2n) is 5.44. The minimum atomic E-state index is 0.193. The molecule has 1 N–H and O–H groups in total. The van der Waals surface area contributed by atoms with Crippen LogP contribution >= 0.6 is 0 Å². The first-order chi connectivity index (χ1) is 9.29. The number of benzene rings is 1. The number of hydrogen-bond acceptors (Lipinski definition) is 2. The van der Waals surface area contributed by atoms with Gasteiger partial charge in [-0.2, -0.15) is 0 Å². The molecular formula is C16H21N3. The van der Waals surface area contributed by atoms with E-state index in [0.29, 0.717) is 0 Å². The van der Waals surface area contributed by atoms with Crippen LogP contribution in [0.5, 0.6) is 0 Å². The first-order valence-corrected chi connectivity index (χ1v) is 7.03. The van der Waals surface area contributed by atoms with Crippen molar-refractivity contribution in [2.75, 3.05) is 7.05 Å². The van der Waals surface area contributed by atoms with Crippen LogP contribution in [-0.2, 0) is 7.05 Å². The van der Waals surface area contributed by atoms with Crippen LogP contribution in [0.3, 0.4) is 0 Å². The molecule has 1 atom stereocenters. The van der Waals surface area contributed by atoms with Crippen LogP contribution in [0, 0.1) is 0 Å². The summed E-state index contributed by atoms with van der Waals surface area (Å²) in [5, 5.41) is 3.42. The molecule has 0 saturated heterocycles. The number of aromatic nitrogens is 2. The highest BCUT2D eigenvalue weighted by Gasteiger charge is 2.25. The van der Waals surface area contributed by atoms with Crippen molar-refractivity contribution in [3.8, 4) is 0 Å². The molecule has 0 aliphatic heterocycles. The summed E-state index contributed by atoms with van der Waals surface area (Å²) in [5.41, 5.74) is 3.98. The summed E-state index contributed by atoms with van der Waals surface area (Å²) in [6, 6.07) is 9.00. The highest BCUT2D eigenvalue weighted by Crippen LogP contribution is 2.40. The molecule has 2 aromatic rings. The molecule has 19 heavy (non-hydrogen) atoms. The number of hydrogen-bond donors (Lipinski definition) is 1. The summed E-state index contributed by atoms with van der Waals surface area (Å²) in [6.07, 6.45) is 7.99. The summed E-state index contributed by atoms with van der Waals surface area (Å²) >= 11 is 0. The molecule has 3 heteroatoms. The van der Waals surface area contributed by atoms with Crippen LogP contribution in [0.2, 0.25) is 0 Å². The number of nitrogens with zero attached hydrogens (tertiary/aromatic N) is 2. The predicted octanol–water partition coefficient (Wildman–Crippen LogP) is 3.00. The maximum Gasteiger partial charge on any atom is 0.0947 e. The molecule has 0 spiro atoms. The Kier molecular flexibility index (Phi) is 3.38. The van der Waals surface area contributed by atoms with Crippen LogP contribution in [-0.4, -0.2) is 16.6 Å². The third kappa shape index (κ3) is 2.30. The summed E-state index contributed by atoms with van der Waals surface area (Å²) in [4.78, 5) is 4.51. The van der Waals surface area contributed by atoms with Crippen molar-refractivity contribution in [2.24, 2.45) is 7.05 Å². The lowest BCUT2D eigenvalue weighted by Gasteiger charge is -2.30. The SMILES string of the molecule is CNC(c1cn(C)cn1)c1ccccc1C1CCC1. The van der Waals surface area contributed by atoms with Gasteiger partial charge in [-0.25, -0.2) is 4.98 Å². The standard InChI is InChI=1S/C16H21N3/c1-17-16(15-10-19(2)11-18-15)14-9-4-3-8-13(14)12-6-5-7-12/h3-4,8-12,16-17H,5-7H2,1-2H3. The molecule has 1 aromatic carbocycles. The van der Waals surface area contributed by atoms with Gasteiger partial charge in [-0.1, -0.05) is 30.7 Å². The molecule has 1 heterocycles. The van der Waals surface area contributed by atoms with E-state index >= 15 is 0 Å². The minimum absolute atomic E-state index is 0.193. The van der Waals surface area contributed by atoms with E-state index in [1.54, 1.807) is 0 Å². The molecule has 3 nitrogen and oxygen atoms in total. The van der Waals surface area contributed by atoms with Gasteiger partial charge in [-0.05, 0) is 36.9 Å². The third-order valence-electron chi connectivity index (χ3n) is 4.16. The Morgan fingerprint density at radius 2 is 2.11 bits per heavy atom. The molecule has 0 amide bonds. The van der Waals surface area contributed by atoms with Crippen LogP contribution in [0.15, 0.2) is 36.8 Å². The fourth-order valence-electron chi connectivity index (χ4n) is 2.91. The quantitative estimate of drug-likeness (QED) is 0.910. The van der Waals surface area contributed by atoms with Crippen molar-refractivity contribution in [3.63, 3.8) is 0 Å². The summed E-state index contributed by atoms with van der Waals surface area (Å²) in [7, 11) is 4.03. The van der Waals surface area contributed by atoms with E-state index in [4.69, 9.17) is 0 Å². The lowest BCUT2D eigenvalue weighted by molar-refractivity contribution is 0.415. The van der Waals surface area contributed by atoms with Gasteiger partial charge in [0.1, 0.15) is 0 Å². The zero-order valence-corrected chi connectivity index (χ0v) is 11.6. The van der Waals surface area contributed by atoms with Crippen molar-refractivity contribution >= 4 is 0 Å². The fourth-order valence-corrected chi connectivity index (χ4v) is 2.91. The van der Waals surface area contributed by atoms with Gasteiger partial charge in [0.25, 0.3) is 0 Å². The smallest absolute Gasteiger partial charge is 0.0947 e. The van der Waals surface area contributed by atoms with Crippen molar-refractivity contribution < 1.29 is 0 Å². The topological polar surface area (TPSA) is 29.9 Å². The Bertz CT molecular complexity index is 555. The fraction of sp³-hybridized carbons (Fsp3) is 0.438. The Balaban J connectivity index is 1.99. The molecule has 1 aliphatic rings. The normalized spacial score (nSPS) is 17.2. The molecule has 1 aromatic heterocycles. The van der Waals surface area contributed by atoms with E-state index in [1.165, 1.54) is 30.4 Å². The van der Waals surface area contributed by atoms with E-state index in [1.807, 2.05) is 25.0 Å². The third-order valence-corrected chi connectivity index (χ3v) is 4.16. The van der Waals surface area contributed by atoms with Gasteiger partial charge < -0.3 is 9.88 Å². The Labute approximate surface area is 114 Å². The maximum absolute atomic E-state index is 4.51. The van der Waals surface area contributed by atoms with Crippen molar-refractivity contribution in [3.05, 3.63) is 53.6 Å². The zero-order valence-electron chi connectivity index (χ0n) is 11.6. The second-order valence-corrected chi connectivity index (χ2v) is 5.44. The first-order valence-electron chi connectivity index (χ1n) is 7.03. The van der Waals surface area contributed by atoms with Gasteiger partial charge >= 0.3 is 0 Å². The second kappa shape index (κ2) is 5.17. The van der Waals surface area contributed by atoms with E-state index in [0.717, 1.165) is 11.6 Å². The molecular weight excluding hydrogens is 234 g/mol. The molecule has 1 aliphatic carbocycles.